The van der Waals surface area contributed by atoms with Crippen molar-refractivity contribution in [2.24, 2.45) is 0 Å². The van der Waals surface area contributed by atoms with Crippen molar-refractivity contribution in [2.45, 2.75) is 26.7 Å². The van der Waals surface area contributed by atoms with Gasteiger partial charge < -0.3 is 4.90 Å². The molecular weight excluding hydrogens is 201 g/mol. The van der Waals surface area contributed by atoms with Crippen LogP contribution in [-0.2, 0) is 0 Å². The van der Waals surface area contributed by atoms with Crippen LogP contribution in [0.5, 0.6) is 0 Å². The number of rotatable bonds is 6. The second kappa shape index (κ2) is 7.04. The molecule has 0 saturated carbocycles. The first-order valence-electron chi connectivity index (χ1n) is 5.94. The number of benzene rings is 1. The molecule has 0 aliphatic rings. The van der Waals surface area contributed by atoms with Gasteiger partial charge in [-0.05, 0) is 42.8 Å². The maximum atomic E-state index is 12.9. The number of hydrogen-bond donors (Lipinski definition) is 0. The van der Waals surface area contributed by atoms with E-state index >= 15 is 0 Å². The summed E-state index contributed by atoms with van der Waals surface area (Å²) >= 11 is 0. The lowest BCUT2D eigenvalue weighted by atomic mass is 10.2. The van der Waals surface area contributed by atoms with Crippen LogP contribution in [0.25, 0.3) is 6.08 Å². The molecule has 0 aliphatic heterocycles. The highest BCUT2D eigenvalue weighted by Gasteiger charge is 1.95. The third-order valence-electron chi connectivity index (χ3n) is 2.35. The van der Waals surface area contributed by atoms with Gasteiger partial charge in [0.15, 0.2) is 0 Å². The van der Waals surface area contributed by atoms with Gasteiger partial charge in [0.1, 0.15) is 5.82 Å². The molecule has 1 rings (SSSR count). The molecule has 16 heavy (non-hydrogen) atoms. The van der Waals surface area contributed by atoms with Crippen LogP contribution in [-0.4, -0.2) is 18.0 Å². The van der Waals surface area contributed by atoms with Crippen LogP contribution in [0.4, 0.5) is 4.39 Å². The van der Waals surface area contributed by atoms with Crippen molar-refractivity contribution in [1.82, 2.24) is 4.90 Å². The Morgan fingerprint density at radius 1 is 1.19 bits per heavy atom. The summed E-state index contributed by atoms with van der Waals surface area (Å²) in [6.07, 6.45) is 6.29. The Bertz CT molecular complexity index is 327. The minimum absolute atomic E-state index is 0.181. The molecule has 0 atom stereocenters. The highest BCUT2D eigenvalue weighted by molar-refractivity contribution is 5.48. The molecule has 0 amide bonds. The molecular formula is C14H20FN. The molecule has 1 nitrogen and oxygen atoms in total. The summed E-state index contributed by atoms with van der Waals surface area (Å²) in [4.78, 5) is 2.27. The highest BCUT2D eigenvalue weighted by Crippen LogP contribution is 2.06. The van der Waals surface area contributed by atoms with Gasteiger partial charge in [-0.2, -0.15) is 0 Å². The van der Waals surface area contributed by atoms with Crippen LogP contribution in [0.1, 0.15) is 32.3 Å². The van der Waals surface area contributed by atoms with Crippen LogP contribution in [0.3, 0.4) is 0 Å². The molecule has 0 aliphatic carbocycles. The standard InChI is InChI=1S/C14H20FN/c1-3-9-16(10-4-2)11-8-13-6-5-7-14(15)12-13/h5-8,11-12H,3-4,9-10H2,1-2H3/b11-8+. The molecule has 0 saturated heterocycles. The van der Waals surface area contributed by atoms with E-state index in [0.717, 1.165) is 31.5 Å². The molecule has 2 heteroatoms. The first-order valence-corrected chi connectivity index (χ1v) is 5.94. The van der Waals surface area contributed by atoms with Gasteiger partial charge >= 0.3 is 0 Å². The Kier molecular flexibility index (Phi) is 5.62. The van der Waals surface area contributed by atoms with Crippen LogP contribution in [0.15, 0.2) is 30.5 Å². The third-order valence-corrected chi connectivity index (χ3v) is 2.35. The maximum Gasteiger partial charge on any atom is 0.123 e. The van der Waals surface area contributed by atoms with Gasteiger partial charge in [0.25, 0.3) is 0 Å². The van der Waals surface area contributed by atoms with E-state index < -0.39 is 0 Å². The second-order valence-electron chi connectivity index (χ2n) is 3.91. The molecule has 0 unspecified atom stereocenters. The summed E-state index contributed by atoms with van der Waals surface area (Å²) in [5.74, 6) is -0.181. The lowest BCUT2D eigenvalue weighted by molar-refractivity contribution is 0.378. The van der Waals surface area contributed by atoms with E-state index in [0.29, 0.717) is 0 Å². The Hall–Kier alpha value is -1.31. The van der Waals surface area contributed by atoms with Gasteiger partial charge in [-0.25, -0.2) is 4.39 Å². The van der Waals surface area contributed by atoms with Crippen molar-refractivity contribution in [3.05, 3.63) is 41.8 Å². The van der Waals surface area contributed by atoms with Crippen LogP contribution >= 0.6 is 0 Å². The van der Waals surface area contributed by atoms with E-state index in [2.05, 4.69) is 24.9 Å². The van der Waals surface area contributed by atoms with Gasteiger partial charge in [0.2, 0.25) is 0 Å². The molecule has 0 spiro atoms. The first kappa shape index (κ1) is 12.8. The second-order valence-corrected chi connectivity index (χ2v) is 3.91. The fraction of sp³-hybridized carbons (Fsp3) is 0.429. The fourth-order valence-corrected chi connectivity index (χ4v) is 1.64. The van der Waals surface area contributed by atoms with Gasteiger partial charge in [-0.3, -0.25) is 0 Å². The van der Waals surface area contributed by atoms with Crippen LogP contribution in [0.2, 0.25) is 0 Å². The van der Waals surface area contributed by atoms with Gasteiger partial charge in [0.05, 0.1) is 0 Å². The normalized spacial score (nSPS) is 10.9. The summed E-state index contributed by atoms with van der Waals surface area (Å²) < 4.78 is 12.9. The third kappa shape index (κ3) is 4.47. The minimum Gasteiger partial charge on any atom is -0.377 e. The SMILES string of the molecule is CCCN(/C=C/c1cccc(F)c1)CCC. The molecule has 0 bridgehead atoms. The maximum absolute atomic E-state index is 12.9. The predicted molar refractivity (Wildman–Crippen MR) is 67.6 cm³/mol. The Morgan fingerprint density at radius 3 is 2.44 bits per heavy atom. The number of hydrogen-bond acceptors (Lipinski definition) is 1. The molecule has 0 N–H and O–H groups in total. The van der Waals surface area contributed by atoms with E-state index in [4.69, 9.17) is 0 Å². The molecule has 1 aromatic carbocycles. The van der Waals surface area contributed by atoms with Crippen molar-refractivity contribution in [3.8, 4) is 0 Å². The highest BCUT2D eigenvalue weighted by atomic mass is 19.1. The molecule has 0 heterocycles. The summed E-state index contributed by atoms with van der Waals surface area (Å²) in [5, 5.41) is 0. The van der Waals surface area contributed by atoms with Crippen LogP contribution < -0.4 is 0 Å². The Balaban J connectivity index is 2.62. The quantitative estimate of drug-likeness (QED) is 0.703. The van der Waals surface area contributed by atoms with Crippen molar-refractivity contribution < 1.29 is 4.39 Å². The van der Waals surface area contributed by atoms with E-state index in [1.54, 1.807) is 12.1 Å². The van der Waals surface area contributed by atoms with E-state index in [-0.39, 0.29) is 5.82 Å². The van der Waals surface area contributed by atoms with E-state index in [1.807, 2.05) is 12.1 Å². The van der Waals surface area contributed by atoms with Gasteiger partial charge in [-0.1, -0.05) is 26.0 Å². The molecule has 0 radical (unpaired) electrons. The number of halogens is 1. The Labute approximate surface area is 97.6 Å². The molecule has 0 aromatic heterocycles. The average Bonchev–Trinajstić information content (AvgIpc) is 2.27. The lowest BCUT2D eigenvalue weighted by Gasteiger charge is -2.18. The lowest BCUT2D eigenvalue weighted by Crippen LogP contribution is -2.18. The zero-order valence-corrected chi connectivity index (χ0v) is 10.1. The summed E-state index contributed by atoms with van der Waals surface area (Å²) in [5.41, 5.74) is 0.914. The fourth-order valence-electron chi connectivity index (χ4n) is 1.64. The summed E-state index contributed by atoms with van der Waals surface area (Å²) in [6, 6.07) is 6.66. The van der Waals surface area contributed by atoms with E-state index in [1.165, 1.54) is 6.07 Å². The summed E-state index contributed by atoms with van der Waals surface area (Å²) in [7, 11) is 0. The molecule has 1 aromatic rings. The summed E-state index contributed by atoms with van der Waals surface area (Å²) in [6.45, 7) is 6.44. The van der Waals surface area contributed by atoms with Crippen molar-refractivity contribution in [2.75, 3.05) is 13.1 Å². The smallest absolute Gasteiger partial charge is 0.123 e. The van der Waals surface area contributed by atoms with Gasteiger partial charge in [-0.15, -0.1) is 0 Å². The van der Waals surface area contributed by atoms with Crippen LogP contribution in [0, 0.1) is 5.82 Å². The van der Waals surface area contributed by atoms with E-state index in [9.17, 15) is 4.39 Å². The number of nitrogens with zero attached hydrogens (tertiary/aromatic N) is 1. The first-order chi connectivity index (χ1) is 7.76. The van der Waals surface area contributed by atoms with Crippen molar-refractivity contribution >= 4 is 6.08 Å². The molecule has 88 valence electrons. The molecule has 0 fully saturated rings. The predicted octanol–water partition coefficient (Wildman–Crippen LogP) is 3.92. The zero-order valence-electron chi connectivity index (χ0n) is 10.1. The zero-order chi connectivity index (χ0) is 11.8. The van der Waals surface area contributed by atoms with Crippen molar-refractivity contribution in [3.63, 3.8) is 0 Å². The largest absolute Gasteiger partial charge is 0.377 e. The topological polar surface area (TPSA) is 3.24 Å². The monoisotopic (exact) mass is 221 g/mol. The minimum atomic E-state index is -0.181. The average molecular weight is 221 g/mol. The van der Waals surface area contributed by atoms with Crippen molar-refractivity contribution in [1.29, 1.82) is 0 Å². The van der Waals surface area contributed by atoms with Gasteiger partial charge in [0, 0.05) is 13.1 Å². The Morgan fingerprint density at radius 2 is 1.88 bits per heavy atom.